The number of methoxy groups -OCH3 is 1. The lowest BCUT2D eigenvalue weighted by atomic mass is 10.0. The van der Waals surface area contributed by atoms with Crippen LogP contribution in [0.15, 0.2) is 5.38 Å². The maximum Gasteiger partial charge on any atom is 0.239 e. The summed E-state index contributed by atoms with van der Waals surface area (Å²) in [7, 11) is 1.70. The van der Waals surface area contributed by atoms with Crippen LogP contribution in [0.2, 0.25) is 0 Å². The molecule has 1 fully saturated rings. The Labute approximate surface area is 142 Å². The molecular weight excluding hydrogens is 312 g/mol. The Balaban J connectivity index is 1.83. The summed E-state index contributed by atoms with van der Waals surface area (Å²) >= 11 is 1.64. The molecule has 2 heterocycles. The predicted octanol–water partition coefficient (Wildman–Crippen LogP) is 1.48. The van der Waals surface area contributed by atoms with E-state index in [1.807, 2.05) is 25.7 Å². The number of thiazole rings is 1. The van der Waals surface area contributed by atoms with Gasteiger partial charge < -0.3 is 15.4 Å². The van der Waals surface area contributed by atoms with Crippen molar-refractivity contribution in [3.8, 4) is 0 Å². The van der Waals surface area contributed by atoms with Crippen molar-refractivity contribution in [1.29, 1.82) is 0 Å². The van der Waals surface area contributed by atoms with Crippen molar-refractivity contribution in [1.82, 2.24) is 14.8 Å². The third-order valence-electron chi connectivity index (χ3n) is 4.34. The Morgan fingerprint density at radius 1 is 1.35 bits per heavy atom. The lowest BCUT2D eigenvalue weighted by molar-refractivity contribution is -0.135. The second-order valence-corrected chi connectivity index (χ2v) is 7.32. The minimum atomic E-state index is -0.391. The first-order chi connectivity index (χ1) is 10.9. The molecule has 1 aromatic rings. The van der Waals surface area contributed by atoms with Gasteiger partial charge in [0.05, 0.1) is 11.7 Å². The second-order valence-electron chi connectivity index (χ2n) is 6.43. The van der Waals surface area contributed by atoms with Gasteiger partial charge in [0.25, 0.3) is 0 Å². The van der Waals surface area contributed by atoms with E-state index in [9.17, 15) is 4.79 Å². The molecule has 1 amide bonds. The lowest BCUT2D eigenvalue weighted by Gasteiger charge is -2.36. The standard InChI is InChI=1S/C16H28N4O2S/c1-11(2)14(17)16(21)20-7-5-19(6-8-20)9-13-10-23-15(18-13)12(3)22-4/h10-12,14H,5-9,17H2,1-4H3/t12?,14-/m0/s1. The SMILES string of the molecule is COC(C)c1nc(CN2CCN(C(=O)[C@@H](N)C(C)C)CC2)cs1. The topological polar surface area (TPSA) is 71.7 Å². The van der Waals surface area contributed by atoms with Crippen LogP contribution < -0.4 is 5.73 Å². The van der Waals surface area contributed by atoms with E-state index >= 15 is 0 Å². The van der Waals surface area contributed by atoms with E-state index < -0.39 is 6.04 Å². The number of piperazine rings is 1. The Bertz CT molecular complexity index is 512. The maximum absolute atomic E-state index is 12.3. The van der Waals surface area contributed by atoms with Gasteiger partial charge in [-0.2, -0.15) is 0 Å². The third-order valence-corrected chi connectivity index (χ3v) is 5.40. The minimum absolute atomic E-state index is 0.0424. The summed E-state index contributed by atoms with van der Waals surface area (Å²) in [5.41, 5.74) is 7.04. The maximum atomic E-state index is 12.3. The second kappa shape index (κ2) is 8.19. The fourth-order valence-corrected chi connectivity index (χ4v) is 3.38. The molecule has 23 heavy (non-hydrogen) atoms. The number of carbonyl (C=O) groups excluding carboxylic acids is 1. The number of carbonyl (C=O) groups is 1. The zero-order valence-corrected chi connectivity index (χ0v) is 15.3. The highest BCUT2D eigenvalue weighted by molar-refractivity contribution is 7.09. The number of nitrogens with zero attached hydrogens (tertiary/aromatic N) is 3. The van der Waals surface area contributed by atoms with Gasteiger partial charge >= 0.3 is 0 Å². The predicted molar refractivity (Wildman–Crippen MR) is 92.2 cm³/mol. The molecule has 130 valence electrons. The summed E-state index contributed by atoms with van der Waals surface area (Å²) in [5.74, 6) is 0.251. The molecule has 0 bridgehead atoms. The van der Waals surface area contributed by atoms with Crippen LogP contribution in [0.25, 0.3) is 0 Å². The zero-order chi connectivity index (χ0) is 17.0. The first-order valence-corrected chi connectivity index (χ1v) is 9.04. The molecule has 1 saturated heterocycles. The van der Waals surface area contributed by atoms with Gasteiger partial charge in [0.2, 0.25) is 5.91 Å². The zero-order valence-electron chi connectivity index (χ0n) is 14.5. The molecule has 2 N–H and O–H groups in total. The van der Waals surface area contributed by atoms with E-state index in [-0.39, 0.29) is 17.9 Å². The summed E-state index contributed by atoms with van der Waals surface area (Å²) in [4.78, 5) is 21.1. The van der Waals surface area contributed by atoms with Crippen molar-refractivity contribution >= 4 is 17.2 Å². The molecule has 0 saturated carbocycles. The first kappa shape index (κ1) is 18.3. The summed E-state index contributed by atoms with van der Waals surface area (Å²) in [5, 5.41) is 3.11. The third kappa shape index (κ3) is 4.73. The molecule has 1 unspecified atom stereocenters. The van der Waals surface area contributed by atoms with E-state index in [1.54, 1.807) is 18.4 Å². The Hall–Kier alpha value is -1.02. The Kier molecular flexibility index (Phi) is 6.52. The fraction of sp³-hybridized carbons (Fsp3) is 0.750. The van der Waals surface area contributed by atoms with Crippen molar-refractivity contribution in [2.45, 2.75) is 39.5 Å². The van der Waals surface area contributed by atoms with Crippen LogP contribution >= 0.6 is 11.3 Å². The van der Waals surface area contributed by atoms with Gasteiger partial charge in [0.15, 0.2) is 0 Å². The molecule has 1 aliphatic rings. The quantitative estimate of drug-likeness (QED) is 0.849. The first-order valence-electron chi connectivity index (χ1n) is 8.16. The Morgan fingerprint density at radius 2 is 2.00 bits per heavy atom. The van der Waals surface area contributed by atoms with E-state index in [2.05, 4.69) is 15.3 Å². The molecule has 0 radical (unpaired) electrons. The van der Waals surface area contributed by atoms with Crippen molar-refractivity contribution in [2.75, 3.05) is 33.3 Å². The van der Waals surface area contributed by atoms with Crippen LogP contribution in [-0.4, -0.2) is 60.0 Å². The minimum Gasteiger partial charge on any atom is -0.375 e. The average Bonchev–Trinajstić information content (AvgIpc) is 3.01. The monoisotopic (exact) mass is 340 g/mol. The summed E-state index contributed by atoms with van der Waals surface area (Å²) in [6.07, 6.45) is 0.0424. The normalized spacial score (nSPS) is 19.1. The molecule has 1 aliphatic heterocycles. The van der Waals surface area contributed by atoms with Crippen LogP contribution in [0.3, 0.4) is 0 Å². The smallest absolute Gasteiger partial charge is 0.239 e. The van der Waals surface area contributed by atoms with Crippen molar-refractivity contribution in [3.05, 3.63) is 16.1 Å². The van der Waals surface area contributed by atoms with Crippen LogP contribution in [-0.2, 0) is 16.1 Å². The molecule has 6 nitrogen and oxygen atoms in total. The number of amides is 1. The van der Waals surface area contributed by atoms with Gasteiger partial charge in [-0.15, -0.1) is 11.3 Å². The van der Waals surface area contributed by atoms with E-state index in [4.69, 9.17) is 10.5 Å². The number of nitrogens with two attached hydrogens (primary N) is 1. The Morgan fingerprint density at radius 3 is 2.57 bits per heavy atom. The van der Waals surface area contributed by atoms with Crippen LogP contribution in [0.1, 0.15) is 37.6 Å². The number of hydrogen-bond acceptors (Lipinski definition) is 6. The molecular formula is C16H28N4O2S. The molecule has 2 rings (SSSR count). The molecule has 1 aromatic heterocycles. The van der Waals surface area contributed by atoms with Gasteiger partial charge in [0, 0.05) is 45.2 Å². The van der Waals surface area contributed by atoms with Gasteiger partial charge in [0.1, 0.15) is 11.1 Å². The lowest BCUT2D eigenvalue weighted by Crippen LogP contribution is -2.54. The largest absolute Gasteiger partial charge is 0.375 e. The van der Waals surface area contributed by atoms with E-state index in [0.29, 0.717) is 0 Å². The molecule has 0 aliphatic carbocycles. The van der Waals surface area contributed by atoms with Crippen LogP contribution in [0.5, 0.6) is 0 Å². The summed E-state index contributed by atoms with van der Waals surface area (Å²) in [6.45, 7) is 10.0. The average molecular weight is 340 g/mol. The highest BCUT2D eigenvalue weighted by Crippen LogP contribution is 2.21. The van der Waals surface area contributed by atoms with Crippen molar-refractivity contribution in [3.63, 3.8) is 0 Å². The van der Waals surface area contributed by atoms with Crippen molar-refractivity contribution < 1.29 is 9.53 Å². The highest BCUT2D eigenvalue weighted by Gasteiger charge is 2.27. The number of ether oxygens (including phenoxy) is 1. The molecule has 0 spiro atoms. The van der Waals surface area contributed by atoms with Crippen LogP contribution in [0, 0.1) is 5.92 Å². The number of rotatable bonds is 6. The van der Waals surface area contributed by atoms with Crippen molar-refractivity contribution in [2.24, 2.45) is 11.7 Å². The molecule has 7 heteroatoms. The molecule has 2 atom stereocenters. The van der Waals surface area contributed by atoms with E-state index in [1.165, 1.54) is 0 Å². The van der Waals surface area contributed by atoms with Gasteiger partial charge in [-0.25, -0.2) is 4.98 Å². The van der Waals surface area contributed by atoms with Gasteiger partial charge in [-0.1, -0.05) is 13.8 Å². The highest BCUT2D eigenvalue weighted by atomic mass is 32.1. The van der Waals surface area contributed by atoms with Gasteiger partial charge in [-0.3, -0.25) is 9.69 Å². The number of aromatic nitrogens is 1. The van der Waals surface area contributed by atoms with E-state index in [0.717, 1.165) is 43.4 Å². The van der Waals surface area contributed by atoms with Gasteiger partial charge in [-0.05, 0) is 12.8 Å². The molecule has 0 aromatic carbocycles. The van der Waals surface area contributed by atoms with Crippen LogP contribution in [0.4, 0.5) is 0 Å². The summed E-state index contributed by atoms with van der Waals surface area (Å²) < 4.78 is 5.30. The summed E-state index contributed by atoms with van der Waals surface area (Å²) in [6, 6.07) is -0.391. The fourth-order valence-electron chi connectivity index (χ4n) is 2.53. The number of hydrogen-bond donors (Lipinski definition) is 1.